The highest BCUT2D eigenvalue weighted by Crippen LogP contribution is 2.27. The van der Waals surface area contributed by atoms with Gasteiger partial charge in [0.05, 0.1) is 5.52 Å². The summed E-state index contributed by atoms with van der Waals surface area (Å²) >= 11 is 0. The van der Waals surface area contributed by atoms with Gasteiger partial charge >= 0.3 is 0 Å². The lowest BCUT2D eigenvalue weighted by atomic mass is 10.1. The lowest BCUT2D eigenvalue weighted by Gasteiger charge is -2.36. The Morgan fingerprint density at radius 1 is 0.972 bits per heavy atom. The van der Waals surface area contributed by atoms with Gasteiger partial charge in [0.2, 0.25) is 0 Å². The van der Waals surface area contributed by atoms with Gasteiger partial charge in [0, 0.05) is 68.4 Å². The van der Waals surface area contributed by atoms with Crippen LogP contribution in [0.15, 0.2) is 66.9 Å². The van der Waals surface area contributed by atoms with Gasteiger partial charge in [-0.15, -0.1) is 24.8 Å². The molecule has 1 saturated heterocycles. The minimum Gasteiger partial charge on any atom is -0.368 e. The maximum Gasteiger partial charge on any atom is 0.273 e. The number of carbonyl (C=O) groups excluding carboxylic acids is 1. The predicted octanol–water partition coefficient (Wildman–Crippen LogP) is 4.74. The second-order valence-corrected chi connectivity index (χ2v) is 8.87. The molecule has 9 heteroatoms. The van der Waals surface area contributed by atoms with Crippen LogP contribution in [0.2, 0.25) is 0 Å². The Balaban J connectivity index is 0.00000180. The zero-order chi connectivity index (χ0) is 23.5. The van der Waals surface area contributed by atoms with E-state index in [1.54, 1.807) is 24.0 Å². The molecule has 2 aromatic heterocycles. The van der Waals surface area contributed by atoms with E-state index in [-0.39, 0.29) is 30.7 Å². The summed E-state index contributed by atoms with van der Waals surface area (Å²) in [7, 11) is 1.77. The molecule has 4 aromatic rings. The number of fused-ring (bicyclic) bond motifs is 1. The van der Waals surface area contributed by atoms with Crippen LogP contribution in [-0.2, 0) is 13.5 Å². The van der Waals surface area contributed by atoms with E-state index in [4.69, 9.17) is 0 Å². The van der Waals surface area contributed by atoms with Gasteiger partial charge in [-0.25, -0.2) is 0 Å². The molecule has 1 fully saturated rings. The van der Waals surface area contributed by atoms with Crippen LogP contribution in [0.5, 0.6) is 0 Å². The highest BCUT2D eigenvalue weighted by Gasteiger charge is 2.19. The van der Waals surface area contributed by atoms with E-state index >= 15 is 0 Å². The Kier molecular flexibility index (Phi) is 9.31. The van der Waals surface area contributed by atoms with Crippen LogP contribution in [0.1, 0.15) is 21.7 Å². The van der Waals surface area contributed by atoms with Crippen LogP contribution in [-0.4, -0.2) is 58.3 Å². The molecule has 0 unspecified atom stereocenters. The molecule has 36 heavy (non-hydrogen) atoms. The zero-order valence-corrected chi connectivity index (χ0v) is 22.2. The number of hydrogen-bond donors (Lipinski definition) is 1. The Bertz CT molecular complexity index is 1320. The fraction of sp³-hybridized carbons (Fsp3) is 0.296. The molecule has 1 aliphatic heterocycles. The molecule has 190 valence electrons. The second-order valence-electron chi connectivity index (χ2n) is 8.87. The maximum atomic E-state index is 12.5. The van der Waals surface area contributed by atoms with E-state index < -0.39 is 0 Å². The molecule has 1 amide bonds. The fourth-order valence-electron chi connectivity index (χ4n) is 4.61. The van der Waals surface area contributed by atoms with Gasteiger partial charge in [-0.1, -0.05) is 18.2 Å². The average Bonchev–Trinajstić information content (AvgIpc) is 3.29. The molecule has 7 nitrogen and oxygen atoms in total. The molecule has 1 aliphatic rings. The van der Waals surface area contributed by atoms with Gasteiger partial charge in [0.1, 0.15) is 5.69 Å². The first-order valence-corrected chi connectivity index (χ1v) is 11.8. The van der Waals surface area contributed by atoms with Gasteiger partial charge in [0.15, 0.2) is 0 Å². The molecule has 0 bridgehead atoms. The molecular formula is C27H32Cl2N6O. The summed E-state index contributed by atoms with van der Waals surface area (Å²) in [5.41, 5.74) is 5.97. The monoisotopic (exact) mass is 526 g/mol. The Morgan fingerprint density at radius 3 is 2.50 bits per heavy atom. The van der Waals surface area contributed by atoms with E-state index in [0.29, 0.717) is 5.69 Å². The molecule has 0 radical (unpaired) electrons. The van der Waals surface area contributed by atoms with Crippen LogP contribution < -0.4 is 10.2 Å². The summed E-state index contributed by atoms with van der Waals surface area (Å²) in [4.78, 5) is 22.2. The number of rotatable bonds is 6. The number of aryl methyl sites for hydroxylation is 2. The maximum absolute atomic E-state index is 12.5. The number of pyridine rings is 1. The number of anilines is 2. The predicted molar refractivity (Wildman–Crippen MR) is 151 cm³/mol. The van der Waals surface area contributed by atoms with Crippen molar-refractivity contribution < 1.29 is 4.79 Å². The molecule has 2 aromatic carbocycles. The number of hydrogen-bond acceptors (Lipinski definition) is 5. The summed E-state index contributed by atoms with van der Waals surface area (Å²) < 4.78 is 1.58. The van der Waals surface area contributed by atoms with E-state index in [9.17, 15) is 4.79 Å². The van der Waals surface area contributed by atoms with E-state index in [1.165, 1.54) is 16.6 Å². The molecule has 1 N–H and O–H groups in total. The van der Waals surface area contributed by atoms with E-state index in [0.717, 1.165) is 56.0 Å². The number of piperazine rings is 1. The van der Waals surface area contributed by atoms with Crippen molar-refractivity contribution in [3.63, 3.8) is 0 Å². The van der Waals surface area contributed by atoms with Crippen molar-refractivity contribution in [1.82, 2.24) is 19.7 Å². The number of halogens is 2. The summed E-state index contributed by atoms with van der Waals surface area (Å²) in [5.74, 6) is -0.146. The third kappa shape index (κ3) is 6.16. The Morgan fingerprint density at radius 2 is 1.75 bits per heavy atom. The number of aromatic nitrogens is 3. The van der Waals surface area contributed by atoms with Crippen LogP contribution in [0.25, 0.3) is 10.9 Å². The Hall–Kier alpha value is -3.13. The third-order valence-corrected chi connectivity index (χ3v) is 6.52. The number of benzene rings is 2. The molecule has 0 spiro atoms. The molecule has 3 heterocycles. The molecule has 5 rings (SSSR count). The summed E-state index contributed by atoms with van der Waals surface area (Å²) in [6, 6.07) is 20.5. The first-order valence-electron chi connectivity index (χ1n) is 11.8. The zero-order valence-electron chi connectivity index (χ0n) is 20.6. The lowest BCUT2D eigenvalue weighted by molar-refractivity contribution is 0.101. The van der Waals surface area contributed by atoms with Gasteiger partial charge in [0.25, 0.3) is 5.91 Å². The first-order chi connectivity index (χ1) is 16.6. The number of nitrogens with zero attached hydrogens (tertiary/aromatic N) is 5. The molecular weight excluding hydrogens is 495 g/mol. The van der Waals surface area contributed by atoms with E-state index in [2.05, 4.69) is 67.7 Å². The van der Waals surface area contributed by atoms with Gasteiger partial charge in [-0.3, -0.25) is 19.4 Å². The van der Waals surface area contributed by atoms with Crippen molar-refractivity contribution in [3.8, 4) is 0 Å². The van der Waals surface area contributed by atoms with Crippen molar-refractivity contribution >= 4 is 53.0 Å². The number of amides is 1. The van der Waals surface area contributed by atoms with Crippen LogP contribution in [0, 0.1) is 6.92 Å². The lowest BCUT2D eigenvalue weighted by Crippen LogP contribution is -2.47. The quantitative estimate of drug-likeness (QED) is 0.393. The SMILES string of the molecule is Cc1ccc2c(N3CCN(CCc4cccc(NC(=O)c5ccnn5C)c4)CC3)cccc2n1.Cl.Cl. The average molecular weight is 528 g/mol. The van der Waals surface area contributed by atoms with Crippen molar-refractivity contribution in [2.45, 2.75) is 13.3 Å². The Labute approximate surface area is 224 Å². The topological polar surface area (TPSA) is 66.3 Å². The van der Waals surface area contributed by atoms with Gasteiger partial charge in [-0.05, 0) is 61.4 Å². The summed E-state index contributed by atoms with van der Waals surface area (Å²) in [6.45, 7) is 7.12. The highest BCUT2D eigenvalue weighted by atomic mass is 35.5. The first kappa shape index (κ1) is 27.5. The smallest absolute Gasteiger partial charge is 0.273 e. The number of carbonyl (C=O) groups is 1. The van der Waals surface area contributed by atoms with Crippen molar-refractivity contribution in [2.75, 3.05) is 42.9 Å². The fourth-order valence-corrected chi connectivity index (χ4v) is 4.61. The standard InChI is InChI=1S/C27H30N6O.2ClH/c1-20-9-10-23-24(29-20)7-4-8-25(23)33-17-15-32(16-18-33)14-12-21-5-3-6-22(19-21)30-27(34)26-11-13-28-31(26)2;;/h3-11,13,19H,12,14-18H2,1-2H3,(H,30,34);2*1H. The van der Waals surface area contributed by atoms with Crippen molar-refractivity contribution in [3.05, 3.63) is 83.8 Å². The molecule has 0 saturated carbocycles. The van der Waals surface area contributed by atoms with E-state index in [1.807, 2.05) is 19.1 Å². The second kappa shape index (κ2) is 12.2. The van der Waals surface area contributed by atoms with Crippen molar-refractivity contribution in [1.29, 1.82) is 0 Å². The largest absolute Gasteiger partial charge is 0.368 e. The summed E-state index contributed by atoms with van der Waals surface area (Å²) in [5, 5.41) is 8.27. The minimum absolute atomic E-state index is 0. The number of nitrogens with one attached hydrogen (secondary N) is 1. The molecule has 0 atom stereocenters. The van der Waals surface area contributed by atoms with Gasteiger partial charge in [-0.2, -0.15) is 5.10 Å². The summed E-state index contributed by atoms with van der Waals surface area (Å²) in [6.07, 6.45) is 2.58. The molecule has 0 aliphatic carbocycles. The van der Waals surface area contributed by atoms with Gasteiger partial charge < -0.3 is 10.2 Å². The van der Waals surface area contributed by atoms with Crippen LogP contribution in [0.3, 0.4) is 0 Å². The third-order valence-electron chi connectivity index (χ3n) is 6.52. The van der Waals surface area contributed by atoms with Crippen LogP contribution in [0.4, 0.5) is 11.4 Å². The normalized spacial score (nSPS) is 13.7. The van der Waals surface area contributed by atoms with Crippen molar-refractivity contribution in [2.24, 2.45) is 7.05 Å². The minimum atomic E-state index is -0.146. The highest BCUT2D eigenvalue weighted by molar-refractivity contribution is 6.03. The van der Waals surface area contributed by atoms with Crippen LogP contribution >= 0.6 is 24.8 Å².